The third-order valence-electron chi connectivity index (χ3n) is 4.27. The van der Waals surface area contributed by atoms with Crippen LogP contribution in [-0.4, -0.2) is 81.9 Å². The molecule has 162 valence electrons. The molecule has 2 rings (SSSR count). The first-order valence-corrected chi connectivity index (χ1v) is 9.69. The number of rotatable bonds is 13. The van der Waals surface area contributed by atoms with Gasteiger partial charge in [0.25, 0.3) is 11.8 Å². The van der Waals surface area contributed by atoms with Crippen LogP contribution in [0.25, 0.3) is 10.4 Å². The Labute approximate surface area is 174 Å². The van der Waals surface area contributed by atoms with E-state index < -0.39 is 11.8 Å². The predicted molar refractivity (Wildman–Crippen MR) is 106 cm³/mol. The number of amides is 3. The fraction of sp³-hybridized carbons (Fsp3) is 0.611. The zero-order valence-electron chi connectivity index (χ0n) is 17.2. The first-order chi connectivity index (χ1) is 14.4. The van der Waals surface area contributed by atoms with Gasteiger partial charge in [-0.1, -0.05) is 24.2 Å². The lowest BCUT2D eigenvalue weighted by atomic mass is 10.1. The molecular formula is C18H26N8O4. The Morgan fingerprint density at radius 2 is 2.00 bits per heavy atom. The molecule has 1 aliphatic rings. The van der Waals surface area contributed by atoms with E-state index in [2.05, 4.69) is 34.2 Å². The smallest absolute Gasteiger partial charge is 0.253 e. The molecule has 12 heteroatoms. The number of imide groups is 1. The zero-order chi connectivity index (χ0) is 21.9. The standard InChI is InChI=1S/C18H26N8O4/c1-14(2)11-15-12-25(23-21-15)8-7-24(6-5-20-22-19)18(29)13-30-10-9-26-16(27)3-4-17(26)28/h3-4,12,14H,5-11,13H2,1-2H3. The molecule has 1 aromatic heterocycles. The van der Waals surface area contributed by atoms with Crippen molar-refractivity contribution < 1.29 is 19.1 Å². The monoisotopic (exact) mass is 418 g/mol. The first-order valence-electron chi connectivity index (χ1n) is 9.69. The number of ether oxygens (including phenoxy) is 1. The van der Waals surface area contributed by atoms with Gasteiger partial charge in [0.2, 0.25) is 5.91 Å². The molecule has 0 saturated heterocycles. The summed E-state index contributed by atoms with van der Waals surface area (Å²) in [5.41, 5.74) is 9.35. The highest BCUT2D eigenvalue weighted by Crippen LogP contribution is 2.05. The van der Waals surface area contributed by atoms with Gasteiger partial charge in [-0.05, 0) is 17.9 Å². The summed E-state index contributed by atoms with van der Waals surface area (Å²) >= 11 is 0. The number of nitrogens with zero attached hydrogens (tertiary/aromatic N) is 8. The van der Waals surface area contributed by atoms with Crippen molar-refractivity contribution in [3.8, 4) is 0 Å². The van der Waals surface area contributed by atoms with Gasteiger partial charge in [0, 0.05) is 42.9 Å². The Kier molecular flexibility index (Phi) is 8.98. The average Bonchev–Trinajstić information content (AvgIpc) is 3.27. The Balaban J connectivity index is 1.81. The first kappa shape index (κ1) is 23.0. The van der Waals surface area contributed by atoms with E-state index >= 15 is 0 Å². The molecule has 0 unspecified atom stereocenters. The SMILES string of the molecule is CC(C)Cc1cn(CCN(CCN=[N+]=[N-])C(=O)COCCN2C(=O)C=CC2=O)nn1. The van der Waals surface area contributed by atoms with Gasteiger partial charge in [0.15, 0.2) is 0 Å². The molecule has 0 fully saturated rings. The number of carbonyl (C=O) groups excluding carboxylic acids is 3. The van der Waals surface area contributed by atoms with Crippen LogP contribution in [-0.2, 0) is 32.1 Å². The highest BCUT2D eigenvalue weighted by atomic mass is 16.5. The molecule has 30 heavy (non-hydrogen) atoms. The second-order valence-electron chi connectivity index (χ2n) is 7.12. The van der Waals surface area contributed by atoms with Crippen molar-refractivity contribution in [2.75, 3.05) is 39.4 Å². The molecule has 0 atom stereocenters. The van der Waals surface area contributed by atoms with E-state index in [-0.39, 0.29) is 38.8 Å². The van der Waals surface area contributed by atoms with Crippen molar-refractivity contribution in [3.63, 3.8) is 0 Å². The largest absolute Gasteiger partial charge is 0.370 e. The molecule has 0 radical (unpaired) electrons. The minimum Gasteiger partial charge on any atom is -0.370 e. The molecule has 12 nitrogen and oxygen atoms in total. The quantitative estimate of drug-likeness (QED) is 0.150. The van der Waals surface area contributed by atoms with Crippen LogP contribution in [0.4, 0.5) is 0 Å². The van der Waals surface area contributed by atoms with Gasteiger partial charge < -0.3 is 9.64 Å². The Morgan fingerprint density at radius 3 is 2.67 bits per heavy atom. The molecular weight excluding hydrogens is 392 g/mol. The van der Waals surface area contributed by atoms with E-state index in [4.69, 9.17) is 10.3 Å². The number of azide groups is 1. The topological polar surface area (TPSA) is 146 Å². The van der Waals surface area contributed by atoms with Crippen molar-refractivity contribution >= 4 is 17.7 Å². The molecule has 1 aromatic rings. The Hall–Kier alpha value is -3.24. The molecule has 2 heterocycles. The van der Waals surface area contributed by atoms with Gasteiger partial charge in [-0.15, -0.1) is 5.10 Å². The summed E-state index contributed by atoms with van der Waals surface area (Å²) in [7, 11) is 0. The molecule has 0 bridgehead atoms. The summed E-state index contributed by atoms with van der Waals surface area (Å²) in [6.45, 7) is 5.28. The van der Waals surface area contributed by atoms with Crippen molar-refractivity contribution in [3.05, 3.63) is 34.5 Å². The van der Waals surface area contributed by atoms with Gasteiger partial charge in [-0.3, -0.25) is 24.0 Å². The van der Waals surface area contributed by atoms with Gasteiger partial charge >= 0.3 is 0 Å². The lowest BCUT2D eigenvalue weighted by molar-refractivity contribution is -0.138. The normalized spacial score (nSPS) is 13.2. The zero-order valence-corrected chi connectivity index (χ0v) is 17.2. The van der Waals surface area contributed by atoms with Crippen molar-refractivity contribution in [2.45, 2.75) is 26.8 Å². The van der Waals surface area contributed by atoms with Crippen LogP contribution >= 0.6 is 0 Å². The van der Waals surface area contributed by atoms with Crippen LogP contribution in [0.2, 0.25) is 0 Å². The van der Waals surface area contributed by atoms with E-state index in [0.29, 0.717) is 19.0 Å². The van der Waals surface area contributed by atoms with Crippen LogP contribution in [0.1, 0.15) is 19.5 Å². The summed E-state index contributed by atoms with van der Waals surface area (Å²) in [5, 5.41) is 11.7. The van der Waals surface area contributed by atoms with Crippen molar-refractivity contribution in [1.29, 1.82) is 0 Å². The summed E-state index contributed by atoms with van der Waals surface area (Å²) in [6, 6.07) is 0. The minimum atomic E-state index is -0.393. The van der Waals surface area contributed by atoms with E-state index in [1.807, 2.05) is 6.20 Å². The average molecular weight is 418 g/mol. The van der Waals surface area contributed by atoms with E-state index in [0.717, 1.165) is 17.0 Å². The van der Waals surface area contributed by atoms with E-state index in [9.17, 15) is 14.4 Å². The lowest BCUT2D eigenvalue weighted by Crippen LogP contribution is -2.39. The van der Waals surface area contributed by atoms with Gasteiger partial charge in [0.05, 0.1) is 25.4 Å². The van der Waals surface area contributed by atoms with E-state index in [1.54, 1.807) is 4.68 Å². The van der Waals surface area contributed by atoms with Crippen LogP contribution in [0.5, 0.6) is 0 Å². The van der Waals surface area contributed by atoms with Gasteiger partial charge in [-0.2, -0.15) is 0 Å². The minimum absolute atomic E-state index is 0.0523. The van der Waals surface area contributed by atoms with Gasteiger partial charge in [-0.25, -0.2) is 0 Å². The maximum atomic E-state index is 12.5. The second kappa shape index (κ2) is 11.7. The maximum Gasteiger partial charge on any atom is 0.253 e. The van der Waals surface area contributed by atoms with Crippen molar-refractivity contribution in [2.24, 2.45) is 11.0 Å². The molecule has 0 aromatic carbocycles. The maximum absolute atomic E-state index is 12.5. The highest BCUT2D eigenvalue weighted by Gasteiger charge is 2.23. The molecule has 3 amide bonds. The summed E-state index contributed by atoms with van der Waals surface area (Å²) in [6.07, 6.45) is 5.07. The molecule has 1 aliphatic heterocycles. The van der Waals surface area contributed by atoms with Gasteiger partial charge in [0.1, 0.15) is 6.61 Å². The fourth-order valence-electron chi connectivity index (χ4n) is 2.81. The fourth-order valence-corrected chi connectivity index (χ4v) is 2.81. The van der Waals surface area contributed by atoms with Crippen LogP contribution in [0.15, 0.2) is 23.5 Å². The molecule has 0 aliphatic carbocycles. The molecule has 0 N–H and O–H groups in total. The third kappa shape index (κ3) is 7.30. The molecule has 0 spiro atoms. The lowest BCUT2D eigenvalue weighted by Gasteiger charge is -2.22. The Morgan fingerprint density at radius 1 is 1.27 bits per heavy atom. The Bertz CT molecular complexity index is 810. The van der Waals surface area contributed by atoms with Crippen LogP contribution in [0, 0.1) is 5.92 Å². The number of hydrogen-bond acceptors (Lipinski definition) is 7. The highest BCUT2D eigenvalue weighted by molar-refractivity contribution is 6.12. The number of aromatic nitrogens is 3. The van der Waals surface area contributed by atoms with Crippen LogP contribution in [0.3, 0.4) is 0 Å². The predicted octanol–water partition coefficient (Wildman–Crippen LogP) is 0.557. The second-order valence-corrected chi connectivity index (χ2v) is 7.12. The molecule has 0 saturated carbocycles. The number of carbonyl (C=O) groups is 3. The summed E-state index contributed by atoms with van der Waals surface area (Å²) in [5.74, 6) is -0.606. The summed E-state index contributed by atoms with van der Waals surface area (Å²) in [4.78, 5) is 40.7. The number of hydrogen-bond donors (Lipinski definition) is 0. The van der Waals surface area contributed by atoms with E-state index in [1.165, 1.54) is 17.1 Å². The van der Waals surface area contributed by atoms with Crippen LogP contribution < -0.4 is 0 Å². The third-order valence-corrected chi connectivity index (χ3v) is 4.27. The van der Waals surface area contributed by atoms with Crippen molar-refractivity contribution in [1.82, 2.24) is 24.8 Å². The summed E-state index contributed by atoms with van der Waals surface area (Å²) < 4.78 is 7.01.